The van der Waals surface area contributed by atoms with Crippen LogP contribution in [0.2, 0.25) is 0 Å². The number of alkyl halides is 3. The summed E-state index contributed by atoms with van der Waals surface area (Å²) in [5.41, 5.74) is 1.18. The van der Waals surface area contributed by atoms with E-state index in [0.717, 1.165) is 0 Å². The van der Waals surface area contributed by atoms with Gasteiger partial charge in [-0.3, -0.25) is 9.59 Å². The minimum absolute atomic E-state index is 0.0749. The second-order valence-electron chi connectivity index (χ2n) is 6.47. The average Bonchev–Trinajstić information content (AvgIpc) is 2.57. The Morgan fingerprint density at radius 1 is 1.17 bits per heavy atom. The van der Waals surface area contributed by atoms with E-state index in [1.54, 1.807) is 31.3 Å². The number of amides is 2. The van der Waals surface area contributed by atoms with Crippen molar-refractivity contribution in [1.82, 2.24) is 0 Å². The van der Waals surface area contributed by atoms with E-state index in [-0.39, 0.29) is 31.2 Å². The summed E-state index contributed by atoms with van der Waals surface area (Å²) in [6.45, 7) is -0.125. The molecule has 1 fully saturated rings. The van der Waals surface area contributed by atoms with Gasteiger partial charge in [-0.2, -0.15) is 13.2 Å². The zero-order valence-electron chi connectivity index (χ0n) is 13.3. The van der Waals surface area contributed by atoms with E-state index >= 15 is 0 Å². The fraction of sp³-hybridized carbons (Fsp3) is 0.529. The Morgan fingerprint density at radius 2 is 1.83 bits per heavy atom. The normalized spacial score (nSPS) is 24.8. The fourth-order valence-electron chi connectivity index (χ4n) is 3.57. The number of benzene rings is 1. The van der Waals surface area contributed by atoms with Gasteiger partial charge in [0.2, 0.25) is 11.8 Å². The highest BCUT2D eigenvalue weighted by molar-refractivity contribution is 6.11. The second-order valence-corrected chi connectivity index (χ2v) is 6.47. The van der Waals surface area contributed by atoms with Crippen LogP contribution in [0.1, 0.15) is 25.7 Å². The number of carbonyl (C=O) groups is 2. The van der Waals surface area contributed by atoms with Crippen molar-refractivity contribution in [3.05, 3.63) is 24.3 Å². The molecule has 2 amide bonds. The van der Waals surface area contributed by atoms with E-state index in [1.165, 1.54) is 9.80 Å². The number of fused-ring (bicyclic) bond motifs is 1. The number of carbonyl (C=O) groups excluding carboxylic acids is 2. The maximum atomic E-state index is 13.0. The average molecular weight is 340 g/mol. The van der Waals surface area contributed by atoms with Gasteiger partial charge in [-0.15, -0.1) is 0 Å². The molecule has 0 saturated heterocycles. The molecule has 0 bridgehead atoms. The van der Waals surface area contributed by atoms with Crippen molar-refractivity contribution in [2.45, 2.75) is 31.9 Å². The van der Waals surface area contributed by atoms with Gasteiger partial charge in [0.25, 0.3) is 0 Å². The molecular formula is C17H19F3N2O2. The molecule has 1 saturated carbocycles. The number of hydrogen-bond donors (Lipinski definition) is 0. The topological polar surface area (TPSA) is 40.6 Å². The third-order valence-electron chi connectivity index (χ3n) is 4.95. The molecule has 1 aliphatic carbocycles. The van der Waals surface area contributed by atoms with E-state index in [1.807, 2.05) is 0 Å². The molecule has 0 N–H and O–H groups in total. The molecule has 4 nitrogen and oxygen atoms in total. The van der Waals surface area contributed by atoms with E-state index in [2.05, 4.69) is 0 Å². The van der Waals surface area contributed by atoms with Gasteiger partial charge in [0.05, 0.1) is 17.3 Å². The highest BCUT2D eigenvalue weighted by Gasteiger charge is 2.45. The standard InChI is InChI=1S/C17H19F3N2O2/c1-21-13-7-2-3-8-14(13)22(10-15(21)23)16(24)11-5-4-6-12(9-11)17(18,19)20/h2-3,7-8,11-12H,4-6,9-10H2,1H3. The lowest BCUT2D eigenvalue weighted by molar-refractivity contribution is -0.186. The third kappa shape index (κ3) is 2.99. The molecule has 24 heavy (non-hydrogen) atoms. The van der Waals surface area contributed by atoms with E-state index in [4.69, 9.17) is 0 Å². The van der Waals surface area contributed by atoms with E-state index in [9.17, 15) is 22.8 Å². The van der Waals surface area contributed by atoms with Crippen LogP contribution in [-0.4, -0.2) is 31.6 Å². The molecule has 0 spiro atoms. The van der Waals surface area contributed by atoms with Crippen LogP contribution in [0, 0.1) is 11.8 Å². The van der Waals surface area contributed by atoms with Crippen molar-refractivity contribution in [3.63, 3.8) is 0 Å². The molecule has 1 aromatic rings. The summed E-state index contributed by atoms with van der Waals surface area (Å²) in [6, 6.07) is 6.96. The Morgan fingerprint density at radius 3 is 2.50 bits per heavy atom. The van der Waals surface area contributed by atoms with Crippen molar-refractivity contribution in [2.24, 2.45) is 11.8 Å². The Balaban J connectivity index is 1.85. The second kappa shape index (κ2) is 6.11. The molecule has 2 atom stereocenters. The first-order valence-corrected chi connectivity index (χ1v) is 8.02. The zero-order chi connectivity index (χ0) is 17.5. The summed E-state index contributed by atoms with van der Waals surface area (Å²) in [7, 11) is 1.63. The smallest absolute Gasteiger partial charge is 0.312 e. The van der Waals surface area contributed by atoms with Crippen LogP contribution in [0.3, 0.4) is 0 Å². The molecule has 2 unspecified atom stereocenters. The van der Waals surface area contributed by atoms with Gasteiger partial charge in [-0.25, -0.2) is 0 Å². The van der Waals surface area contributed by atoms with Crippen LogP contribution in [0.25, 0.3) is 0 Å². The monoisotopic (exact) mass is 340 g/mol. The quantitative estimate of drug-likeness (QED) is 0.786. The van der Waals surface area contributed by atoms with E-state index in [0.29, 0.717) is 24.2 Å². The van der Waals surface area contributed by atoms with Crippen LogP contribution in [0.15, 0.2) is 24.3 Å². The third-order valence-corrected chi connectivity index (χ3v) is 4.95. The van der Waals surface area contributed by atoms with Crippen LogP contribution in [0.5, 0.6) is 0 Å². The van der Waals surface area contributed by atoms with Crippen molar-refractivity contribution in [1.29, 1.82) is 0 Å². The van der Waals surface area contributed by atoms with Crippen LogP contribution in [0.4, 0.5) is 24.5 Å². The van der Waals surface area contributed by atoms with Gasteiger partial charge in [-0.05, 0) is 31.4 Å². The van der Waals surface area contributed by atoms with Crippen LogP contribution in [-0.2, 0) is 9.59 Å². The predicted octanol–water partition coefficient (Wildman–Crippen LogP) is 3.36. The summed E-state index contributed by atoms with van der Waals surface area (Å²) >= 11 is 0. The first-order valence-electron chi connectivity index (χ1n) is 8.02. The zero-order valence-corrected chi connectivity index (χ0v) is 13.3. The first-order chi connectivity index (χ1) is 11.3. The van der Waals surface area contributed by atoms with Gasteiger partial charge in [0.1, 0.15) is 6.54 Å². The van der Waals surface area contributed by atoms with Crippen LogP contribution < -0.4 is 9.80 Å². The maximum absolute atomic E-state index is 13.0. The van der Waals surface area contributed by atoms with Gasteiger partial charge >= 0.3 is 6.18 Å². The molecule has 3 rings (SSSR count). The van der Waals surface area contributed by atoms with Gasteiger partial charge in [0.15, 0.2) is 0 Å². The molecular weight excluding hydrogens is 321 g/mol. The summed E-state index contributed by atoms with van der Waals surface area (Å²) < 4.78 is 39.0. The lowest BCUT2D eigenvalue weighted by Crippen LogP contribution is -2.49. The molecule has 2 aliphatic rings. The number of hydrogen-bond acceptors (Lipinski definition) is 2. The summed E-state index contributed by atoms with van der Waals surface area (Å²) in [5, 5.41) is 0. The minimum Gasteiger partial charge on any atom is -0.312 e. The Hall–Kier alpha value is -2.05. The van der Waals surface area contributed by atoms with Crippen molar-refractivity contribution in [3.8, 4) is 0 Å². The Bertz CT molecular complexity index is 659. The summed E-state index contributed by atoms with van der Waals surface area (Å²) in [4.78, 5) is 27.8. The summed E-state index contributed by atoms with van der Waals surface area (Å²) in [5.74, 6) is -2.74. The van der Waals surface area contributed by atoms with Gasteiger partial charge in [-0.1, -0.05) is 18.6 Å². The summed E-state index contributed by atoms with van der Waals surface area (Å²) in [6.07, 6.45) is -3.57. The maximum Gasteiger partial charge on any atom is 0.391 e. The molecule has 130 valence electrons. The number of rotatable bonds is 1. The Kier molecular flexibility index (Phi) is 4.27. The molecule has 1 aromatic carbocycles. The molecule has 0 radical (unpaired) electrons. The van der Waals surface area contributed by atoms with Gasteiger partial charge in [0, 0.05) is 13.0 Å². The predicted molar refractivity (Wildman–Crippen MR) is 83.7 cm³/mol. The fourth-order valence-corrected chi connectivity index (χ4v) is 3.57. The molecule has 1 aliphatic heterocycles. The lowest BCUT2D eigenvalue weighted by Gasteiger charge is -2.37. The largest absolute Gasteiger partial charge is 0.391 e. The number of anilines is 2. The SMILES string of the molecule is CN1C(=O)CN(C(=O)C2CCCC(C(F)(F)F)C2)c2ccccc21. The highest BCUT2D eigenvalue weighted by atomic mass is 19.4. The van der Waals surface area contributed by atoms with E-state index < -0.39 is 18.0 Å². The molecule has 7 heteroatoms. The molecule has 1 heterocycles. The number of nitrogens with zero attached hydrogens (tertiary/aromatic N) is 2. The number of likely N-dealkylation sites (N-methyl/N-ethyl adjacent to an activating group) is 1. The number of halogens is 3. The number of para-hydroxylation sites is 2. The van der Waals surface area contributed by atoms with Crippen molar-refractivity contribution >= 4 is 23.2 Å². The lowest BCUT2D eigenvalue weighted by atomic mass is 9.80. The van der Waals surface area contributed by atoms with Gasteiger partial charge < -0.3 is 9.80 Å². The molecule has 0 aromatic heterocycles. The van der Waals surface area contributed by atoms with Crippen molar-refractivity contribution in [2.75, 3.05) is 23.4 Å². The van der Waals surface area contributed by atoms with Crippen LogP contribution >= 0.6 is 0 Å². The minimum atomic E-state index is -4.27. The first kappa shape index (κ1) is 16.8. The van der Waals surface area contributed by atoms with Crippen molar-refractivity contribution < 1.29 is 22.8 Å². The Labute approximate surface area is 138 Å². The highest BCUT2D eigenvalue weighted by Crippen LogP contribution is 2.42.